The summed E-state index contributed by atoms with van der Waals surface area (Å²) < 4.78 is 0. The lowest BCUT2D eigenvalue weighted by Gasteiger charge is -2.22. The molecule has 0 aromatic carbocycles. The highest BCUT2D eigenvalue weighted by Gasteiger charge is 2.21. The minimum absolute atomic E-state index is 0.342. The van der Waals surface area contributed by atoms with Crippen molar-refractivity contribution in [2.75, 3.05) is 26.2 Å². The lowest BCUT2D eigenvalue weighted by Crippen LogP contribution is -2.35. The summed E-state index contributed by atoms with van der Waals surface area (Å²) in [5.74, 6) is 0. The van der Waals surface area contributed by atoms with Crippen LogP contribution in [0.5, 0.6) is 0 Å². The van der Waals surface area contributed by atoms with Crippen LogP contribution < -0.4 is 5.73 Å². The van der Waals surface area contributed by atoms with Gasteiger partial charge in [-0.05, 0) is 38.8 Å². The van der Waals surface area contributed by atoms with E-state index in [1.807, 2.05) is 0 Å². The van der Waals surface area contributed by atoms with E-state index in [0.717, 1.165) is 19.4 Å². The number of aliphatic hydroxyl groups excluding tert-OH is 1. The molecule has 1 saturated heterocycles. The van der Waals surface area contributed by atoms with Crippen LogP contribution in [0.4, 0.5) is 0 Å². The van der Waals surface area contributed by atoms with E-state index in [1.165, 1.54) is 38.8 Å². The van der Waals surface area contributed by atoms with Gasteiger partial charge in [0.1, 0.15) is 0 Å². The second-order valence-corrected chi connectivity index (χ2v) is 4.21. The number of aliphatic hydroxyl groups is 1. The predicted octanol–water partition coefficient (Wildman–Crippen LogP) is 0.962. The number of unbranched alkanes of at least 4 members (excludes halogenated alkanes) is 3. The maximum absolute atomic E-state index is 8.63. The van der Waals surface area contributed by atoms with E-state index < -0.39 is 0 Å². The first-order valence-corrected chi connectivity index (χ1v) is 5.93. The molecule has 1 fully saturated rings. The Balaban J connectivity index is 2.00. The zero-order valence-electron chi connectivity index (χ0n) is 9.12. The third-order valence-electron chi connectivity index (χ3n) is 3.12. The molecule has 0 radical (unpaired) electrons. The highest BCUT2D eigenvalue weighted by molar-refractivity contribution is 4.79. The van der Waals surface area contributed by atoms with E-state index >= 15 is 0 Å². The van der Waals surface area contributed by atoms with Crippen molar-refractivity contribution in [3.05, 3.63) is 0 Å². The van der Waals surface area contributed by atoms with Gasteiger partial charge in [0.05, 0.1) is 0 Å². The van der Waals surface area contributed by atoms with Crippen LogP contribution in [-0.2, 0) is 0 Å². The van der Waals surface area contributed by atoms with Crippen LogP contribution in [0, 0.1) is 0 Å². The van der Waals surface area contributed by atoms with E-state index in [-0.39, 0.29) is 0 Å². The summed E-state index contributed by atoms with van der Waals surface area (Å²) in [5.41, 5.74) is 5.70. The fourth-order valence-corrected chi connectivity index (χ4v) is 2.24. The predicted molar refractivity (Wildman–Crippen MR) is 59.2 cm³/mol. The van der Waals surface area contributed by atoms with Crippen LogP contribution in [0.15, 0.2) is 0 Å². The average molecular weight is 200 g/mol. The summed E-state index contributed by atoms with van der Waals surface area (Å²) in [6.07, 6.45) is 7.23. The molecule has 0 amide bonds. The Bertz CT molecular complexity index is 141. The van der Waals surface area contributed by atoms with E-state index in [2.05, 4.69) is 4.90 Å². The summed E-state index contributed by atoms with van der Waals surface area (Å²) in [4.78, 5) is 2.53. The minimum Gasteiger partial charge on any atom is -0.396 e. The van der Waals surface area contributed by atoms with Crippen molar-refractivity contribution in [2.24, 2.45) is 5.73 Å². The summed E-state index contributed by atoms with van der Waals surface area (Å²) in [7, 11) is 0. The topological polar surface area (TPSA) is 49.5 Å². The number of hydrogen-bond acceptors (Lipinski definition) is 3. The fourth-order valence-electron chi connectivity index (χ4n) is 2.24. The van der Waals surface area contributed by atoms with Gasteiger partial charge in [-0.2, -0.15) is 0 Å². The molecule has 1 rings (SSSR count). The maximum atomic E-state index is 8.63. The number of likely N-dealkylation sites (tertiary alicyclic amines) is 1. The second-order valence-electron chi connectivity index (χ2n) is 4.21. The third kappa shape index (κ3) is 3.95. The molecule has 3 N–H and O–H groups in total. The molecule has 1 heterocycles. The van der Waals surface area contributed by atoms with Gasteiger partial charge in [-0.15, -0.1) is 0 Å². The summed E-state index contributed by atoms with van der Waals surface area (Å²) in [5, 5.41) is 8.63. The van der Waals surface area contributed by atoms with Gasteiger partial charge >= 0.3 is 0 Å². The Hall–Kier alpha value is -0.120. The van der Waals surface area contributed by atoms with Crippen LogP contribution in [-0.4, -0.2) is 42.3 Å². The van der Waals surface area contributed by atoms with Crippen LogP contribution in [0.1, 0.15) is 38.5 Å². The number of nitrogens with zero attached hydrogens (tertiary/aromatic N) is 1. The van der Waals surface area contributed by atoms with Gasteiger partial charge in [0, 0.05) is 19.2 Å². The SMILES string of the molecule is NCC1CCCN1CCCCCCO. The van der Waals surface area contributed by atoms with Crippen molar-refractivity contribution < 1.29 is 5.11 Å². The van der Waals surface area contributed by atoms with Crippen molar-refractivity contribution in [1.29, 1.82) is 0 Å². The molecule has 14 heavy (non-hydrogen) atoms. The fraction of sp³-hybridized carbons (Fsp3) is 1.00. The first-order valence-electron chi connectivity index (χ1n) is 5.93. The Morgan fingerprint density at radius 2 is 2.00 bits per heavy atom. The molecule has 0 saturated carbocycles. The van der Waals surface area contributed by atoms with Crippen molar-refractivity contribution >= 4 is 0 Å². The Morgan fingerprint density at radius 3 is 2.71 bits per heavy atom. The van der Waals surface area contributed by atoms with Crippen molar-refractivity contribution in [3.63, 3.8) is 0 Å². The molecule has 0 aliphatic carbocycles. The van der Waals surface area contributed by atoms with Crippen molar-refractivity contribution in [3.8, 4) is 0 Å². The van der Waals surface area contributed by atoms with Gasteiger partial charge in [0.15, 0.2) is 0 Å². The molecule has 1 unspecified atom stereocenters. The quantitative estimate of drug-likeness (QED) is 0.602. The summed E-state index contributed by atoms with van der Waals surface area (Å²) >= 11 is 0. The molecule has 1 aliphatic rings. The monoisotopic (exact) mass is 200 g/mol. The smallest absolute Gasteiger partial charge is 0.0431 e. The number of nitrogens with two attached hydrogens (primary N) is 1. The number of rotatable bonds is 7. The number of hydrogen-bond donors (Lipinski definition) is 2. The molecular formula is C11H24N2O. The standard InChI is InChI=1S/C11H24N2O/c12-10-11-6-5-8-13(11)7-3-1-2-4-9-14/h11,14H,1-10,12H2. The first-order chi connectivity index (χ1) is 6.88. The van der Waals surface area contributed by atoms with E-state index in [0.29, 0.717) is 12.6 Å². The van der Waals surface area contributed by atoms with Gasteiger partial charge in [-0.25, -0.2) is 0 Å². The normalized spacial score (nSPS) is 23.1. The molecule has 3 nitrogen and oxygen atoms in total. The van der Waals surface area contributed by atoms with Crippen molar-refractivity contribution in [2.45, 2.75) is 44.6 Å². The molecule has 0 spiro atoms. The third-order valence-corrected chi connectivity index (χ3v) is 3.12. The molecule has 3 heteroatoms. The van der Waals surface area contributed by atoms with Gasteiger partial charge in [0.25, 0.3) is 0 Å². The maximum Gasteiger partial charge on any atom is 0.0431 e. The summed E-state index contributed by atoms with van der Waals surface area (Å²) in [6, 6.07) is 0.646. The van der Waals surface area contributed by atoms with Crippen molar-refractivity contribution in [1.82, 2.24) is 4.90 Å². The van der Waals surface area contributed by atoms with Gasteiger partial charge < -0.3 is 10.8 Å². The van der Waals surface area contributed by atoms with E-state index in [1.54, 1.807) is 0 Å². The minimum atomic E-state index is 0.342. The van der Waals surface area contributed by atoms with Gasteiger partial charge in [0.2, 0.25) is 0 Å². The molecule has 1 atom stereocenters. The van der Waals surface area contributed by atoms with E-state index in [4.69, 9.17) is 10.8 Å². The van der Waals surface area contributed by atoms with Crippen LogP contribution in [0.25, 0.3) is 0 Å². The lowest BCUT2D eigenvalue weighted by atomic mass is 10.2. The molecule has 0 bridgehead atoms. The highest BCUT2D eigenvalue weighted by Crippen LogP contribution is 2.16. The zero-order chi connectivity index (χ0) is 10.2. The Kier molecular flexibility index (Phi) is 6.15. The van der Waals surface area contributed by atoms with E-state index in [9.17, 15) is 0 Å². The molecular weight excluding hydrogens is 176 g/mol. The van der Waals surface area contributed by atoms with Crippen LogP contribution in [0.3, 0.4) is 0 Å². The average Bonchev–Trinajstić information content (AvgIpc) is 2.65. The van der Waals surface area contributed by atoms with Gasteiger partial charge in [-0.3, -0.25) is 4.90 Å². The Labute approximate surface area is 87.3 Å². The summed E-state index contributed by atoms with van der Waals surface area (Å²) in [6.45, 7) is 3.60. The van der Waals surface area contributed by atoms with Crippen LogP contribution in [0.2, 0.25) is 0 Å². The molecule has 84 valence electrons. The first kappa shape index (κ1) is 12.0. The lowest BCUT2D eigenvalue weighted by molar-refractivity contribution is 0.248. The second kappa shape index (κ2) is 7.21. The highest BCUT2D eigenvalue weighted by atomic mass is 16.2. The Morgan fingerprint density at radius 1 is 1.21 bits per heavy atom. The zero-order valence-corrected chi connectivity index (χ0v) is 9.12. The van der Waals surface area contributed by atoms with Gasteiger partial charge in [-0.1, -0.05) is 12.8 Å². The molecule has 0 aromatic rings. The molecule has 1 aliphatic heterocycles. The van der Waals surface area contributed by atoms with Crippen LogP contribution >= 0.6 is 0 Å². The largest absolute Gasteiger partial charge is 0.396 e. The molecule has 0 aromatic heterocycles.